The van der Waals surface area contributed by atoms with Gasteiger partial charge in [0, 0.05) is 21.5 Å². The number of hydrogen-bond acceptors (Lipinski definition) is 2. The van der Waals surface area contributed by atoms with Crippen LogP contribution in [0.5, 0.6) is 5.75 Å². The summed E-state index contributed by atoms with van der Waals surface area (Å²) in [7, 11) is 1.68. The standard InChI is InChI=1S/C11H16BrN3OS/c1-16-10-3-2-9(12)6-8(10)7-17-5-4-15-11(13)14/h2-3,6H,4-5,7H2,1H3,(H4,13,14,15)/p+1. The topological polar surface area (TPSA) is 75.2 Å². The Morgan fingerprint density at radius 1 is 1.47 bits per heavy atom. The number of nitrogens with two attached hydrogens (primary N) is 2. The van der Waals surface area contributed by atoms with E-state index in [0.717, 1.165) is 28.3 Å². The first-order chi connectivity index (χ1) is 8.13. The molecule has 0 bridgehead atoms. The second-order valence-electron chi connectivity index (χ2n) is 3.39. The molecule has 0 radical (unpaired) electrons. The summed E-state index contributed by atoms with van der Waals surface area (Å²) in [6.07, 6.45) is 0. The molecule has 0 saturated carbocycles. The second kappa shape index (κ2) is 7.45. The van der Waals surface area contributed by atoms with Crippen molar-refractivity contribution in [1.82, 2.24) is 0 Å². The van der Waals surface area contributed by atoms with Gasteiger partial charge in [0.25, 0.3) is 0 Å². The molecule has 5 N–H and O–H groups in total. The van der Waals surface area contributed by atoms with Crippen LogP contribution in [-0.4, -0.2) is 25.4 Å². The molecule has 0 unspecified atom stereocenters. The maximum absolute atomic E-state index is 5.30. The molecule has 4 nitrogen and oxygen atoms in total. The molecule has 0 aliphatic carbocycles. The van der Waals surface area contributed by atoms with Crippen LogP contribution in [0.2, 0.25) is 0 Å². The molecule has 0 atom stereocenters. The van der Waals surface area contributed by atoms with E-state index >= 15 is 0 Å². The van der Waals surface area contributed by atoms with Crippen molar-refractivity contribution in [2.75, 3.05) is 19.4 Å². The first-order valence-corrected chi connectivity index (χ1v) is 7.10. The van der Waals surface area contributed by atoms with Gasteiger partial charge in [0.05, 0.1) is 13.7 Å². The minimum atomic E-state index is 0.269. The molecule has 1 aromatic carbocycles. The summed E-state index contributed by atoms with van der Waals surface area (Å²) >= 11 is 5.25. The zero-order valence-corrected chi connectivity index (χ0v) is 12.1. The van der Waals surface area contributed by atoms with Gasteiger partial charge in [-0.25, -0.2) is 0 Å². The molecule has 94 valence electrons. The summed E-state index contributed by atoms with van der Waals surface area (Å²) in [5, 5.41) is 0. The van der Waals surface area contributed by atoms with Gasteiger partial charge < -0.3 is 4.74 Å². The smallest absolute Gasteiger partial charge is 0.338 e. The van der Waals surface area contributed by atoms with E-state index in [1.165, 1.54) is 5.56 Å². The minimum absolute atomic E-state index is 0.269. The van der Waals surface area contributed by atoms with Gasteiger partial charge in [-0.05, 0) is 18.2 Å². The Balaban J connectivity index is 2.45. The highest BCUT2D eigenvalue weighted by Gasteiger charge is 2.03. The predicted octanol–water partition coefficient (Wildman–Crippen LogP) is 0.0449. The van der Waals surface area contributed by atoms with E-state index in [1.807, 2.05) is 12.1 Å². The predicted molar refractivity (Wildman–Crippen MR) is 76.1 cm³/mol. The van der Waals surface area contributed by atoms with Gasteiger partial charge in [0.15, 0.2) is 0 Å². The van der Waals surface area contributed by atoms with Gasteiger partial charge in [0.1, 0.15) is 5.75 Å². The SMILES string of the molecule is COc1ccc(Br)cc1CSCC[NH+]=C(N)N. The summed E-state index contributed by atoms with van der Waals surface area (Å²) in [6.45, 7) is 0.767. The number of ether oxygens (including phenoxy) is 1. The van der Waals surface area contributed by atoms with Crippen molar-refractivity contribution in [1.29, 1.82) is 0 Å². The van der Waals surface area contributed by atoms with Crippen LogP contribution in [-0.2, 0) is 5.75 Å². The van der Waals surface area contributed by atoms with Crippen LogP contribution in [0.15, 0.2) is 22.7 Å². The average Bonchev–Trinajstić information content (AvgIpc) is 2.28. The highest BCUT2D eigenvalue weighted by molar-refractivity contribution is 9.10. The summed E-state index contributed by atoms with van der Waals surface area (Å²) in [5.41, 5.74) is 11.8. The molecule has 0 spiro atoms. The number of guanidine groups is 1. The molecule has 0 heterocycles. The lowest BCUT2D eigenvalue weighted by molar-refractivity contribution is -0.453. The maximum atomic E-state index is 5.30. The zero-order chi connectivity index (χ0) is 12.7. The van der Waals surface area contributed by atoms with Crippen molar-refractivity contribution in [2.45, 2.75) is 5.75 Å². The van der Waals surface area contributed by atoms with Gasteiger partial charge in [-0.15, -0.1) is 0 Å². The third-order valence-electron chi connectivity index (χ3n) is 2.08. The van der Waals surface area contributed by atoms with Crippen molar-refractivity contribution in [3.05, 3.63) is 28.2 Å². The number of hydrogen-bond donors (Lipinski definition) is 3. The fourth-order valence-electron chi connectivity index (χ4n) is 1.31. The van der Waals surface area contributed by atoms with E-state index in [2.05, 4.69) is 27.0 Å². The molecule has 17 heavy (non-hydrogen) atoms. The number of rotatable bonds is 6. The lowest BCUT2D eigenvalue weighted by Crippen LogP contribution is -2.78. The largest absolute Gasteiger partial charge is 0.496 e. The molecule has 1 rings (SSSR count). The lowest BCUT2D eigenvalue weighted by Gasteiger charge is -2.08. The van der Waals surface area contributed by atoms with Crippen molar-refractivity contribution in [3.8, 4) is 5.75 Å². The van der Waals surface area contributed by atoms with Gasteiger partial charge in [-0.3, -0.25) is 16.5 Å². The molecule has 0 aromatic heterocycles. The molecule has 0 saturated heterocycles. The molecule has 0 fully saturated rings. The molecule has 0 amide bonds. The summed E-state index contributed by atoms with van der Waals surface area (Å²) in [4.78, 5) is 2.88. The Hall–Kier alpha value is -0.880. The Bertz CT molecular complexity index is 394. The third kappa shape index (κ3) is 5.32. The second-order valence-corrected chi connectivity index (χ2v) is 5.41. The summed E-state index contributed by atoms with van der Waals surface area (Å²) in [6, 6.07) is 6.01. The van der Waals surface area contributed by atoms with Crippen LogP contribution in [0.4, 0.5) is 0 Å². The Morgan fingerprint density at radius 3 is 2.88 bits per heavy atom. The Labute approximate surface area is 114 Å². The average molecular weight is 319 g/mol. The van der Waals surface area contributed by atoms with E-state index in [4.69, 9.17) is 16.2 Å². The van der Waals surface area contributed by atoms with Crippen LogP contribution in [0, 0.1) is 0 Å². The number of benzene rings is 1. The minimum Gasteiger partial charge on any atom is -0.496 e. The van der Waals surface area contributed by atoms with Crippen molar-refractivity contribution in [3.63, 3.8) is 0 Å². The summed E-state index contributed by atoms with van der Waals surface area (Å²) < 4.78 is 6.36. The lowest BCUT2D eigenvalue weighted by atomic mass is 10.2. The highest BCUT2D eigenvalue weighted by atomic mass is 79.9. The monoisotopic (exact) mass is 318 g/mol. The van der Waals surface area contributed by atoms with E-state index in [-0.39, 0.29) is 5.96 Å². The van der Waals surface area contributed by atoms with Crippen LogP contribution in [0.25, 0.3) is 0 Å². The molecular weight excluding hydrogens is 302 g/mol. The van der Waals surface area contributed by atoms with Gasteiger partial charge >= 0.3 is 5.96 Å². The first-order valence-electron chi connectivity index (χ1n) is 5.15. The fraction of sp³-hybridized carbons (Fsp3) is 0.364. The van der Waals surface area contributed by atoms with Crippen LogP contribution in [0.1, 0.15) is 5.56 Å². The highest BCUT2D eigenvalue weighted by Crippen LogP contribution is 2.26. The molecule has 1 aromatic rings. The fourth-order valence-corrected chi connectivity index (χ4v) is 2.55. The van der Waals surface area contributed by atoms with Crippen molar-refractivity contribution < 1.29 is 9.73 Å². The number of nitrogens with one attached hydrogen (secondary N) is 1. The van der Waals surface area contributed by atoms with E-state index in [9.17, 15) is 0 Å². The quantitative estimate of drug-likeness (QED) is 0.393. The zero-order valence-electron chi connectivity index (χ0n) is 9.70. The van der Waals surface area contributed by atoms with Gasteiger partial charge in [-0.2, -0.15) is 11.8 Å². The molecule has 6 heteroatoms. The van der Waals surface area contributed by atoms with E-state index in [0.29, 0.717) is 0 Å². The van der Waals surface area contributed by atoms with E-state index < -0.39 is 0 Å². The number of methoxy groups -OCH3 is 1. The van der Waals surface area contributed by atoms with E-state index in [1.54, 1.807) is 18.9 Å². The molecular formula is C11H17BrN3OS+. The van der Waals surface area contributed by atoms with Crippen LogP contribution >= 0.6 is 27.7 Å². The molecule has 0 aliphatic heterocycles. The van der Waals surface area contributed by atoms with Crippen molar-refractivity contribution in [2.24, 2.45) is 11.5 Å². The van der Waals surface area contributed by atoms with Crippen LogP contribution < -0.4 is 21.2 Å². The number of thioether (sulfide) groups is 1. The summed E-state index contributed by atoms with van der Waals surface area (Å²) in [5.74, 6) is 3.02. The van der Waals surface area contributed by atoms with Crippen molar-refractivity contribution >= 4 is 33.7 Å². The van der Waals surface area contributed by atoms with Crippen LogP contribution in [0.3, 0.4) is 0 Å². The number of halogens is 1. The van der Waals surface area contributed by atoms with Gasteiger partial charge in [0.2, 0.25) is 0 Å². The van der Waals surface area contributed by atoms with Gasteiger partial charge in [-0.1, -0.05) is 15.9 Å². The Morgan fingerprint density at radius 2 is 2.24 bits per heavy atom. The molecule has 0 aliphatic rings. The normalized spacial score (nSPS) is 10.0. The maximum Gasteiger partial charge on any atom is 0.338 e. The third-order valence-corrected chi connectivity index (χ3v) is 3.58. The Kier molecular flexibility index (Phi) is 6.21. The first kappa shape index (κ1) is 14.2.